The molecule has 10 heteroatoms. The molecule has 7 nitrogen and oxygen atoms in total. The quantitative estimate of drug-likeness (QED) is 0.351. The molecule has 0 aliphatic heterocycles. The number of ether oxygens (including phenoxy) is 1. The predicted octanol–water partition coefficient (Wildman–Crippen LogP) is 4.86. The van der Waals surface area contributed by atoms with Crippen molar-refractivity contribution in [3.63, 3.8) is 0 Å². The van der Waals surface area contributed by atoms with E-state index in [1.54, 1.807) is 30.3 Å². The van der Waals surface area contributed by atoms with Crippen molar-refractivity contribution in [3.8, 4) is 17.0 Å². The molecule has 0 saturated heterocycles. The first kappa shape index (κ1) is 26.7. The number of halogens is 3. The van der Waals surface area contributed by atoms with Crippen LogP contribution in [-0.2, 0) is 6.42 Å². The first-order chi connectivity index (χ1) is 16.8. The number of anilines is 1. The van der Waals surface area contributed by atoms with Crippen molar-refractivity contribution in [2.24, 2.45) is 0 Å². The summed E-state index contributed by atoms with van der Waals surface area (Å²) in [5.41, 5.74) is 8.21. The van der Waals surface area contributed by atoms with Crippen LogP contribution in [0.2, 0.25) is 10.0 Å². The van der Waals surface area contributed by atoms with Gasteiger partial charge in [0.25, 0.3) is 5.91 Å². The number of amides is 1. The SMILES string of the molecule is CCN(CC)CCNC(=O)c1ccc(-c2cc(OCCc3c(Cl)ccc(F)c3Cl)c(N)nn2)cc1. The van der Waals surface area contributed by atoms with E-state index in [1.807, 2.05) is 0 Å². The molecule has 1 amide bonds. The van der Waals surface area contributed by atoms with E-state index in [4.69, 9.17) is 33.7 Å². The van der Waals surface area contributed by atoms with E-state index in [0.29, 0.717) is 34.1 Å². The third-order valence-corrected chi connectivity index (χ3v) is 6.35. The zero-order valence-corrected chi connectivity index (χ0v) is 21.2. The Morgan fingerprint density at radius 1 is 1.11 bits per heavy atom. The molecule has 186 valence electrons. The Morgan fingerprint density at radius 2 is 1.83 bits per heavy atom. The normalized spacial score (nSPS) is 11.0. The zero-order chi connectivity index (χ0) is 25.4. The molecule has 0 aliphatic carbocycles. The number of aromatic nitrogens is 2. The summed E-state index contributed by atoms with van der Waals surface area (Å²) in [5.74, 6) is -0.225. The van der Waals surface area contributed by atoms with E-state index in [1.165, 1.54) is 12.1 Å². The van der Waals surface area contributed by atoms with Crippen LogP contribution in [-0.4, -0.2) is 53.8 Å². The number of carbonyl (C=O) groups is 1. The molecular weight excluding hydrogens is 492 g/mol. The van der Waals surface area contributed by atoms with Gasteiger partial charge in [-0.1, -0.05) is 49.2 Å². The van der Waals surface area contributed by atoms with Gasteiger partial charge in [-0.25, -0.2) is 4.39 Å². The summed E-state index contributed by atoms with van der Waals surface area (Å²) in [4.78, 5) is 14.7. The maximum atomic E-state index is 13.7. The highest BCUT2D eigenvalue weighted by Gasteiger charge is 2.13. The van der Waals surface area contributed by atoms with E-state index in [2.05, 4.69) is 34.3 Å². The number of nitrogens with zero attached hydrogens (tertiary/aromatic N) is 3. The van der Waals surface area contributed by atoms with Crippen molar-refractivity contribution in [2.45, 2.75) is 20.3 Å². The minimum Gasteiger partial charge on any atom is -0.489 e. The summed E-state index contributed by atoms with van der Waals surface area (Å²) >= 11 is 12.1. The molecule has 3 N–H and O–H groups in total. The smallest absolute Gasteiger partial charge is 0.251 e. The molecule has 0 saturated carbocycles. The number of nitrogens with two attached hydrogens (primary N) is 1. The minimum atomic E-state index is -0.542. The Labute approximate surface area is 214 Å². The summed E-state index contributed by atoms with van der Waals surface area (Å²) in [5, 5.41) is 11.4. The molecule has 0 radical (unpaired) electrons. The third-order valence-electron chi connectivity index (χ3n) is 5.59. The number of likely N-dealkylation sites (N-methyl/N-ethyl adjacent to an activating group) is 1. The maximum Gasteiger partial charge on any atom is 0.251 e. The molecule has 1 heterocycles. The summed E-state index contributed by atoms with van der Waals surface area (Å²) < 4.78 is 19.5. The molecule has 0 spiro atoms. The number of hydrogen-bond donors (Lipinski definition) is 2. The number of hydrogen-bond acceptors (Lipinski definition) is 6. The summed E-state index contributed by atoms with van der Waals surface area (Å²) in [7, 11) is 0. The van der Waals surface area contributed by atoms with Crippen LogP contribution in [0.25, 0.3) is 11.3 Å². The summed E-state index contributed by atoms with van der Waals surface area (Å²) in [6, 6.07) is 11.4. The van der Waals surface area contributed by atoms with Crippen molar-refractivity contribution in [1.29, 1.82) is 0 Å². The van der Waals surface area contributed by atoms with Crippen LogP contribution in [0.15, 0.2) is 42.5 Å². The number of nitrogen functional groups attached to an aromatic ring is 1. The van der Waals surface area contributed by atoms with Crippen LogP contribution in [0.3, 0.4) is 0 Å². The fourth-order valence-electron chi connectivity index (χ4n) is 3.46. The first-order valence-electron chi connectivity index (χ1n) is 11.3. The lowest BCUT2D eigenvalue weighted by Crippen LogP contribution is -2.34. The average Bonchev–Trinajstić information content (AvgIpc) is 2.87. The minimum absolute atomic E-state index is 0.0280. The van der Waals surface area contributed by atoms with Crippen LogP contribution in [0, 0.1) is 5.82 Å². The number of carbonyl (C=O) groups excluding carboxylic acids is 1. The molecule has 35 heavy (non-hydrogen) atoms. The van der Waals surface area contributed by atoms with Crippen molar-refractivity contribution in [1.82, 2.24) is 20.4 Å². The van der Waals surface area contributed by atoms with Gasteiger partial charge in [-0.15, -0.1) is 10.2 Å². The van der Waals surface area contributed by atoms with Gasteiger partial charge in [0.1, 0.15) is 5.82 Å². The average molecular weight is 520 g/mol. The second-order valence-corrected chi connectivity index (χ2v) is 8.54. The molecule has 1 aromatic heterocycles. The van der Waals surface area contributed by atoms with E-state index < -0.39 is 5.82 Å². The largest absolute Gasteiger partial charge is 0.489 e. The molecule has 3 aromatic rings. The van der Waals surface area contributed by atoms with E-state index in [9.17, 15) is 9.18 Å². The van der Waals surface area contributed by atoms with Gasteiger partial charge >= 0.3 is 0 Å². The molecule has 0 aliphatic rings. The van der Waals surface area contributed by atoms with Gasteiger partial charge in [0, 0.05) is 41.7 Å². The molecule has 0 fully saturated rings. The van der Waals surface area contributed by atoms with Crippen molar-refractivity contribution < 1.29 is 13.9 Å². The fraction of sp³-hybridized carbons (Fsp3) is 0.320. The second kappa shape index (κ2) is 12.7. The molecule has 0 bridgehead atoms. The second-order valence-electron chi connectivity index (χ2n) is 7.76. The first-order valence-corrected chi connectivity index (χ1v) is 12.1. The van der Waals surface area contributed by atoms with Crippen molar-refractivity contribution in [3.05, 3.63) is 69.5 Å². The Balaban J connectivity index is 1.63. The molecule has 0 atom stereocenters. The zero-order valence-electron chi connectivity index (χ0n) is 19.7. The fourth-order valence-corrected chi connectivity index (χ4v) is 4.02. The van der Waals surface area contributed by atoms with Crippen LogP contribution in [0.5, 0.6) is 5.75 Å². The van der Waals surface area contributed by atoms with Gasteiger partial charge in [-0.05, 0) is 42.9 Å². The lowest BCUT2D eigenvalue weighted by atomic mass is 10.1. The third kappa shape index (κ3) is 7.04. The van der Waals surface area contributed by atoms with Gasteiger partial charge < -0.3 is 20.7 Å². The standard InChI is InChI=1S/C25H28Cl2FN5O2/c1-3-33(4-2)13-12-30-25(34)17-7-5-16(6-8-17)21-15-22(24(29)32-31-21)35-14-11-18-19(26)9-10-20(28)23(18)27/h5-10,15H,3-4,11-14H2,1-2H3,(H2,29,32)(H,30,34). The number of benzene rings is 2. The van der Waals surface area contributed by atoms with Gasteiger partial charge in [0.2, 0.25) is 0 Å². The van der Waals surface area contributed by atoms with Crippen molar-refractivity contribution >= 4 is 34.9 Å². The number of rotatable bonds is 11. The van der Waals surface area contributed by atoms with E-state index in [-0.39, 0.29) is 29.8 Å². The number of nitrogens with one attached hydrogen (secondary N) is 1. The van der Waals surface area contributed by atoms with Gasteiger partial charge in [-0.2, -0.15) is 0 Å². The van der Waals surface area contributed by atoms with Crippen molar-refractivity contribution in [2.75, 3.05) is 38.5 Å². The Bertz CT molecular complexity index is 1160. The van der Waals surface area contributed by atoms with Crippen LogP contribution < -0.4 is 15.8 Å². The van der Waals surface area contributed by atoms with Gasteiger partial charge in [0.15, 0.2) is 11.6 Å². The Morgan fingerprint density at radius 3 is 2.51 bits per heavy atom. The van der Waals surface area contributed by atoms with E-state index >= 15 is 0 Å². The summed E-state index contributed by atoms with van der Waals surface area (Å²) in [6.45, 7) is 7.62. The maximum absolute atomic E-state index is 13.7. The monoisotopic (exact) mass is 519 g/mol. The highest BCUT2D eigenvalue weighted by molar-refractivity contribution is 6.36. The molecular formula is C25H28Cl2FN5O2. The lowest BCUT2D eigenvalue weighted by Gasteiger charge is -2.17. The van der Waals surface area contributed by atoms with Crippen LogP contribution in [0.1, 0.15) is 29.8 Å². The van der Waals surface area contributed by atoms with Crippen LogP contribution >= 0.6 is 23.2 Å². The highest BCUT2D eigenvalue weighted by atomic mass is 35.5. The Hall–Kier alpha value is -2.94. The van der Waals surface area contributed by atoms with Crippen LogP contribution in [0.4, 0.5) is 10.2 Å². The topological polar surface area (TPSA) is 93.4 Å². The summed E-state index contributed by atoms with van der Waals surface area (Å²) in [6.07, 6.45) is 0.282. The van der Waals surface area contributed by atoms with Gasteiger partial charge in [0.05, 0.1) is 17.3 Å². The highest BCUT2D eigenvalue weighted by Crippen LogP contribution is 2.29. The molecule has 2 aromatic carbocycles. The molecule has 3 rings (SSSR count). The van der Waals surface area contributed by atoms with E-state index in [0.717, 1.165) is 25.2 Å². The lowest BCUT2D eigenvalue weighted by molar-refractivity contribution is 0.0949. The molecule has 0 unspecified atom stereocenters. The predicted molar refractivity (Wildman–Crippen MR) is 138 cm³/mol. The van der Waals surface area contributed by atoms with Gasteiger partial charge in [-0.3, -0.25) is 4.79 Å². The Kier molecular flexibility index (Phi) is 9.65.